The Morgan fingerprint density at radius 2 is 2.07 bits per heavy atom. The largest absolute Gasteiger partial charge is 0.496 e. The predicted octanol–water partition coefficient (Wildman–Crippen LogP) is 4.47. The number of halogens is 1. The smallest absolute Gasteiger partial charge is 0.276 e. The molecule has 4 rings (SSSR count). The molecule has 1 saturated heterocycles. The van der Waals surface area contributed by atoms with Crippen LogP contribution in [0.1, 0.15) is 34.9 Å². The maximum atomic E-state index is 13.6. The molecule has 1 aliphatic rings. The zero-order valence-corrected chi connectivity index (χ0v) is 14.9. The zero-order chi connectivity index (χ0) is 18.8. The van der Waals surface area contributed by atoms with E-state index < -0.39 is 0 Å². The molecule has 27 heavy (non-hydrogen) atoms. The van der Waals surface area contributed by atoms with Crippen molar-refractivity contribution in [3.05, 3.63) is 71.7 Å². The Labute approximate surface area is 156 Å². The van der Waals surface area contributed by atoms with Gasteiger partial charge in [-0.2, -0.15) is 0 Å². The molecule has 3 aromatic rings. The van der Waals surface area contributed by atoms with E-state index in [4.69, 9.17) is 9.26 Å². The summed E-state index contributed by atoms with van der Waals surface area (Å²) in [6.07, 6.45) is 1.66. The lowest BCUT2D eigenvalue weighted by molar-refractivity contribution is 0.0725. The lowest BCUT2D eigenvalue weighted by Gasteiger charge is -2.24. The van der Waals surface area contributed by atoms with E-state index in [0.717, 1.165) is 24.0 Å². The Hall–Kier alpha value is -3.15. The first-order valence-electron chi connectivity index (χ1n) is 8.84. The Morgan fingerprint density at radius 1 is 1.22 bits per heavy atom. The first-order chi connectivity index (χ1) is 13.2. The third-order valence-electron chi connectivity index (χ3n) is 4.85. The number of ether oxygens (including phenoxy) is 1. The van der Waals surface area contributed by atoms with E-state index in [-0.39, 0.29) is 23.5 Å². The van der Waals surface area contributed by atoms with Gasteiger partial charge in [0.1, 0.15) is 11.6 Å². The van der Waals surface area contributed by atoms with Crippen molar-refractivity contribution < 1.29 is 18.4 Å². The fourth-order valence-corrected chi connectivity index (χ4v) is 3.57. The molecule has 1 aliphatic heterocycles. The Kier molecular flexibility index (Phi) is 4.62. The van der Waals surface area contributed by atoms with Crippen molar-refractivity contribution in [3.63, 3.8) is 0 Å². The van der Waals surface area contributed by atoms with Crippen LogP contribution in [0.5, 0.6) is 5.75 Å². The molecule has 0 bridgehead atoms. The maximum Gasteiger partial charge on any atom is 0.276 e. The third kappa shape index (κ3) is 3.30. The number of aromatic nitrogens is 1. The van der Waals surface area contributed by atoms with E-state index in [9.17, 15) is 9.18 Å². The molecular formula is C21H19FN2O3. The lowest BCUT2D eigenvalue weighted by Crippen LogP contribution is -2.30. The number of para-hydroxylation sites is 1. The molecule has 138 valence electrons. The van der Waals surface area contributed by atoms with Gasteiger partial charge >= 0.3 is 0 Å². The molecule has 0 spiro atoms. The van der Waals surface area contributed by atoms with Crippen LogP contribution in [0.15, 0.2) is 59.1 Å². The summed E-state index contributed by atoms with van der Waals surface area (Å²) in [6.45, 7) is 0.608. The van der Waals surface area contributed by atoms with Gasteiger partial charge in [-0.25, -0.2) is 4.39 Å². The van der Waals surface area contributed by atoms with Gasteiger partial charge in [0.2, 0.25) is 0 Å². The molecule has 5 nitrogen and oxygen atoms in total. The summed E-state index contributed by atoms with van der Waals surface area (Å²) in [5.41, 5.74) is 1.77. The lowest BCUT2D eigenvalue weighted by atomic mass is 10.0. The molecule has 2 aromatic carbocycles. The first kappa shape index (κ1) is 17.3. The molecule has 1 unspecified atom stereocenters. The van der Waals surface area contributed by atoms with E-state index in [2.05, 4.69) is 5.16 Å². The number of likely N-dealkylation sites (tertiary alicyclic amines) is 1. The van der Waals surface area contributed by atoms with Gasteiger partial charge in [0.05, 0.1) is 18.7 Å². The fraction of sp³-hybridized carbons (Fsp3) is 0.238. The van der Waals surface area contributed by atoms with Crippen LogP contribution in [0.25, 0.3) is 11.3 Å². The van der Waals surface area contributed by atoms with Gasteiger partial charge < -0.3 is 14.2 Å². The summed E-state index contributed by atoms with van der Waals surface area (Å²) in [6, 6.07) is 15.3. The van der Waals surface area contributed by atoms with Gasteiger partial charge in [-0.05, 0) is 42.7 Å². The molecule has 6 heteroatoms. The molecule has 1 aromatic heterocycles. The minimum Gasteiger partial charge on any atom is -0.496 e. The van der Waals surface area contributed by atoms with Gasteiger partial charge in [0, 0.05) is 12.6 Å². The average molecular weight is 366 g/mol. The second-order valence-corrected chi connectivity index (χ2v) is 6.49. The molecule has 1 fully saturated rings. The van der Waals surface area contributed by atoms with Crippen molar-refractivity contribution in [3.8, 4) is 17.1 Å². The Bertz CT molecular complexity index is 969. The number of methoxy groups -OCH3 is 1. The average Bonchev–Trinajstić information content (AvgIpc) is 3.37. The standard InChI is InChI=1S/C21H19FN2O3/c1-26-19-10-3-2-8-16(19)20-13-17(23-27-20)21(25)24-11-5-9-18(24)14-6-4-7-15(22)12-14/h2-4,6-8,10,12-13,18H,5,9,11H2,1H3. The van der Waals surface area contributed by atoms with Crippen molar-refractivity contribution in [1.29, 1.82) is 0 Å². The number of amides is 1. The monoisotopic (exact) mass is 366 g/mol. The van der Waals surface area contributed by atoms with Crippen LogP contribution in [-0.2, 0) is 0 Å². The number of carbonyl (C=O) groups excluding carboxylic acids is 1. The molecule has 0 aliphatic carbocycles. The molecule has 0 saturated carbocycles. The number of benzene rings is 2. The predicted molar refractivity (Wildman–Crippen MR) is 97.9 cm³/mol. The van der Waals surface area contributed by atoms with E-state index in [1.807, 2.05) is 30.3 Å². The number of hydrogen-bond donors (Lipinski definition) is 0. The Balaban J connectivity index is 1.60. The quantitative estimate of drug-likeness (QED) is 0.684. The summed E-state index contributed by atoms with van der Waals surface area (Å²) in [7, 11) is 1.58. The van der Waals surface area contributed by atoms with E-state index in [1.54, 1.807) is 24.1 Å². The number of rotatable bonds is 4. The summed E-state index contributed by atoms with van der Waals surface area (Å²) < 4.78 is 24.3. The Morgan fingerprint density at radius 3 is 2.89 bits per heavy atom. The minimum absolute atomic E-state index is 0.153. The topological polar surface area (TPSA) is 55.6 Å². The second-order valence-electron chi connectivity index (χ2n) is 6.49. The first-order valence-corrected chi connectivity index (χ1v) is 8.84. The molecular weight excluding hydrogens is 347 g/mol. The normalized spacial score (nSPS) is 16.5. The molecule has 1 atom stereocenters. The number of hydrogen-bond acceptors (Lipinski definition) is 4. The van der Waals surface area contributed by atoms with Crippen LogP contribution < -0.4 is 4.74 Å². The van der Waals surface area contributed by atoms with Crippen molar-refractivity contribution >= 4 is 5.91 Å². The van der Waals surface area contributed by atoms with Gasteiger partial charge in [-0.3, -0.25) is 4.79 Å². The van der Waals surface area contributed by atoms with Crippen LogP contribution in [-0.4, -0.2) is 29.6 Å². The van der Waals surface area contributed by atoms with Crippen LogP contribution in [0.4, 0.5) is 4.39 Å². The van der Waals surface area contributed by atoms with Crippen LogP contribution in [0, 0.1) is 5.82 Å². The van der Waals surface area contributed by atoms with Crippen LogP contribution in [0.3, 0.4) is 0 Å². The summed E-state index contributed by atoms with van der Waals surface area (Å²) >= 11 is 0. The summed E-state index contributed by atoms with van der Waals surface area (Å²) in [5, 5.41) is 3.96. The zero-order valence-electron chi connectivity index (χ0n) is 14.9. The van der Waals surface area contributed by atoms with Crippen LogP contribution in [0.2, 0.25) is 0 Å². The summed E-state index contributed by atoms with van der Waals surface area (Å²) in [5.74, 6) is 0.599. The van der Waals surface area contributed by atoms with Gasteiger partial charge in [-0.15, -0.1) is 0 Å². The SMILES string of the molecule is COc1ccccc1-c1cc(C(=O)N2CCCC2c2cccc(F)c2)no1. The van der Waals surface area contributed by atoms with Crippen molar-refractivity contribution in [2.75, 3.05) is 13.7 Å². The van der Waals surface area contributed by atoms with E-state index in [0.29, 0.717) is 18.1 Å². The number of nitrogens with zero attached hydrogens (tertiary/aromatic N) is 2. The minimum atomic E-state index is -0.299. The highest BCUT2D eigenvalue weighted by Gasteiger charge is 2.32. The van der Waals surface area contributed by atoms with Gasteiger partial charge in [0.15, 0.2) is 11.5 Å². The molecule has 0 radical (unpaired) electrons. The van der Waals surface area contributed by atoms with Crippen LogP contribution >= 0.6 is 0 Å². The van der Waals surface area contributed by atoms with Crippen molar-refractivity contribution in [2.45, 2.75) is 18.9 Å². The highest BCUT2D eigenvalue weighted by molar-refractivity contribution is 5.93. The maximum absolute atomic E-state index is 13.6. The molecule has 2 heterocycles. The number of carbonyl (C=O) groups is 1. The van der Waals surface area contributed by atoms with E-state index >= 15 is 0 Å². The summed E-state index contributed by atoms with van der Waals surface area (Å²) in [4.78, 5) is 14.7. The molecule has 0 N–H and O–H groups in total. The second kappa shape index (κ2) is 7.23. The molecule has 1 amide bonds. The van der Waals surface area contributed by atoms with Gasteiger partial charge in [0.25, 0.3) is 5.91 Å². The fourth-order valence-electron chi connectivity index (χ4n) is 3.57. The van der Waals surface area contributed by atoms with Crippen molar-refractivity contribution in [2.24, 2.45) is 0 Å². The third-order valence-corrected chi connectivity index (χ3v) is 4.85. The van der Waals surface area contributed by atoms with E-state index in [1.165, 1.54) is 12.1 Å². The highest BCUT2D eigenvalue weighted by Crippen LogP contribution is 2.35. The van der Waals surface area contributed by atoms with Crippen molar-refractivity contribution in [1.82, 2.24) is 10.1 Å². The highest BCUT2D eigenvalue weighted by atomic mass is 19.1. The van der Waals surface area contributed by atoms with Gasteiger partial charge in [-0.1, -0.05) is 29.4 Å².